The summed E-state index contributed by atoms with van der Waals surface area (Å²) in [5.41, 5.74) is 0. The maximum absolute atomic E-state index is 11.3. The van der Waals surface area contributed by atoms with Crippen molar-refractivity contribution in [3.63, 3.8) is 0 Å². The molecule has 0 aliphatic heterocycles. The first-order valence-corrected chi connectivity index (χ1v) is 14.6. The molecule has 0 spiro atoms. The highest BCUT2D eigenvalue weighted by Crippen LogP contribution is 2.65. The van der Waals surface area contributed by atoms with E-state index < -0.39 is 13.4 Å². The summed E-state index contributed by atoms with van der Waals surface area (Å²) in [6, 6.07) is 17.0. The minimum atomic E-state index is -2.95. The maximum atomic E-state index is 11.3. The standard InChI is InChI=1S/C28H36O7P.C2H5O/c1-8-19(29)18-36(26-20(30-2)12-9-13-21(26)31-3,27-22(32-4)14-10-15-23(27)33-5)28-24(34-6)16-11-17-25(28)35-7;1-2-3/h9-17,19,29H,8,18H2,1-7H3;2H2,1H3/q+1;-1. The van der Waals surface area contributed by atoms with Crippen LogP contribution in [0, 0.1) is 0 Å². The fourth-order valence-corrected chi connectivity index (χ4v) is 10.0. The second-order valence-electron chi connectivity index (χ2n) is 8.38. The van der Waals surface area contributed by atoms with Crippen LogP contribution in [0.3, 0.4) is 0 Å². The molecule has 0 saturated heterocycles. The summed E-state index contributed by atoms with van der Waals surface area (Å²) >= 11 is 0. The summed E-state index contributed by atoms with van der Waals surface area (Å²) in [5, 5.41) is 22.7. The molecular weight excluding hydrogens is 519 g/mol. The van der Waals surface area contributed by atoms with Crippen LogP contribution in [0.4, 0.5) is 0 Å². The van der Waals surface area contributed by atoms with E-state index >= 15 is 0 Å². The number of ether oxygens (including phenoxy) is 6. The largest absolute Gasteiger partial charge is 0.855 e. The minimum Gasteiger partial charge on any atom is -0.855 e. The lowest BCUT2D eigenvalue weighted by Crippen LogP contribution is -2.40. The van der Waals surface area contributed by atoms with Gasteiger partial charge in [0, 0.05) is 0 Å². The second kappa shape index (κ2) is 15.4. The van der Waals surface area contributed by atoms with Gasteiger partial charge in [-0.25, -0.2) is 0 Å². The fourth-order valence-electron chi connectivity index (χ4n) is 4.68. The molecule has 0 aliphatic carbocycles. The zero-order chi connectivity index (χ0) is 29.0. The molecule has 39 heavy (non-hydrogen) atoms. The Morgan fingerprint density at radius 3 is 1.00 bits per heavy atom. The zero-order valence-electron chi connectivity index (χ0n) is 24.1. The van der Waals surface area contributed by atoms with Crippen molar-refractivity contribution >= 4 is 23.2 Å². The van der Waals surface area contributed by atoms with Crippen molar-refractivity contribution in [3.05, 3.63) is 54.6 Å². The normalized spacial score (nSPS) is 11.5. The third-order valence-corrected chi connectivity index (χ3v) is 10.9. The third-order valence-electron chi connectivity index (χ3n) is 6.31. The van der Waals surface area contributed by atoms with Gasteiger partial charge in [-0.3, -0.25) is 0 Å². The highest BCUT2D eigenvalue weighted by molar-refractivity contribution is 7.96. The number of rotatable bonds is 12. The van der Waals surface area contributed by atoms with Crippen LogP contribution in [0.2, 0.25) is 0 Å². The van der Waals surface area contributed by atoms with Gasteiger partial charge in [0.25, 0.3) is 0 Å². The van der Waals surface area contributed by atoms with Crippen LogP contribution in [0.5, 0.6) is 34.5 Å². The smallest absolute Gasteiger partial charge is 0.188 e. The molecule has 0 aliphatic rings. The van der Waals surface area contributed by atoms with Gasteiger partial charge in [-0.2, -0.15) is 0 Å². The predicted octanol–water partition coefficient (Wildman–Crippen LogP) is 3.17. The summed E-state index contributed by atoms with van der Waals surface area (Å²) in [6.07, 6.45) is 0.208. The highest BCUT2D eigenvalue weighted by Gasteiger charge is 2.58. The SMILES string of the molecule is CCC(O)C[P+](c1c(OC)cccc1OC)(c1c(OC)cccc1OC)c1c(OC)cccc1OC.CC[O-]. The molecule has 3 rings (SSSR count). The van der Waals surface area contributed by atoms with Gasteiger partial charge in [0.15, 0.2) is 50.4 Å². The maximum Gasteiger partial charge on any atom is 0.188 e. The van der Waals surface area contributed by atoms with Gasteiger partial charge >= 0.3 is 0 Å². The molecule has 0 saturated carbocycles. The molecule has 0 radical (unpaired) electrons. The molecule has 0 amide bonds. The third kappa shape index (κ3) is 6.52. The van der Waals surface area contributed by atoms with E-state index in [4.69, 9.17) is 33.5 Å². The molecule has 0 bridgehead atoms. The first kappa shape index (κ1) is 32.0. The van der Waals surface area contributed by atoms with Crippen LogP contribution in [-0.2, 0) is 0 Å². The summed E-state index contributed by atoms with van der Waals surface area (Å²) in [4.78, 5) is 0. The molecule has 0 aromatic heterocycles. The Morgan fingerprint density at radius 2 is 0.821 bits per heavy atom. The molecule has 0 fully saturated rings. The molecule has 1 unspecified atom stereocenters. The van der Waals surface area contributed by atoms with Crippen molar-refractivity contribution in [2.45, 2.75) is 26.4 Å². The van der Waals surface area contributed by atoms with Gasteiger partial charge in [-0.05, 0) is 42.8 Å². The van der Waals surface area contributed by atoms with Crippen molar-refractivity contribution in [2.24, 2.45) is 0 Å². The van der Waals surface area contributed by atoms with Gasteiger partial charge in [0.2, 0.25) is 0 Å². The second-order valence-corrected chi connectivity index (χ2v) is 11.7. The van der Waals surface area contributed by atoms with Crippen LogP contribution < -0.4 is 49.4 Å². The lowest BCUT2D eigenvalue weighted by atomic mass is 10.3. The average molecular weight is 561 g/mol. The van der Waals surface area contributed by atoms with Crippen molar-refractivity contribution in [2.75, 3.05) is 55.4 Å². The minimum absolute atomic E-state index is 0. The summed E-state index contributed by atoms with van der Waals surface area (Å²) in [7, 11) is 6.81. The first-order chi connectivity index (χ1) is 18.9. The van der Waals surface area contributed by atoms with Crippen molar-refractivity contribution < 1.29 is 38.6 Å². The first-order valence-electron chi connectivity index (χ1n) is 12.7. The zero-order valence-corrected chi connectivity index (χ0v) is 25.0. The lowest BCUT2D eigenvalue weighted by molar-refractivity contribution is -0.361. The molecule has 8 nitrogen and oxygen atoms in total. The molecule has 1 N–H and O–H groups in total. The van der Waals surface area contributed by atoms with Crippen LogP contribution in [-0.4, -0.2) is 66.6 Å². The summed E-state index contributed by atoms with van der Waals surface area (Å²) in [5.74, 6) is 3.71. The van der Waals surface area contributed by atoms with E-state index in [-0.39, 0.29) is 6.61 Å². The van der Waals surface area contributed by atoms with Gasteiger partial charge in [0.1, 0.15) is 13.4 Å². The predicted molar refractivity (Wildman–Crippen MR) is 156 cm³/mol. The molecule has 214 valence electrons. The van der Waals surface area contributed by atoms with Crippen molar-refractivity contribution in [3.8, 4) is 34.5 Å². The van der Waals surface area contributed by atoms with Crippen LogP contribution in [0.1, 0.15) is 20.3 Å². The number of hydrogen-bond acceptors (Lipinski definition) is 8. The van der Waals surface area contributed by atoms with Gasteiger partial charge in [0.05, 0.1) is 48.8 Å². The summed E-state index contributed by atoms with van der Waals surface area (Å²) < 4.78 is 35.7. The van der Waals surface area contributed by atoms with E-state index in [1.807, 2.05) is 61.5 Å². The highest BCUT2D eigenvalue weighted by atomic mass is 31.2. The Labute approximate surface area is 232 Å². The topological polar surface area (TPSA) is 98.7 Å². The molecule has 1 atom stereocenters. The van der Waals surface area contributed by atoms with E-state index in [2.05, 4.69) is 0 Å². The molecular formula is C30H41O8P. The Bertz CT molecular complexity index is 982. The van der Waals surface area contributed by atoms with E-state index in [0.717, 1.165) is 15.9 Å². The van der Waals surface area contributed by atoms with Crippen LogP contribution in [0.25, 0.3) is 0 Å². The monoisotopic (exact) mass is 560 g/mol. The van der Waals surface area contributed by atoms with Crippen LogP contribution in [0.15, 0.2) is 54.6 Å². The quantitative estimate of drug-likeness (QED) is 0.338. The Kier molecular flexibility index (Phi) is 12.7. The Hall–Kier alpha value is -3.19. The van der Waals surface area contributed by atoms with E-state index in [9.17, 15) is 5.11 Å². The number of methoxy groups -OCH3 is 6. The van der Waals surface area contributed by atoms with Crippen LogP contribution >= 0.6 is 7.26 Å². The number of hydrogen-bond donors (Lipinski definition) is 1. The van der Waals surface area contributed by atoms with Gasteiger partial charge in [-0.15, -0.1) is 6.61 Å². The van der Waals surface area contributed by atoms with Crippen molar-refractivity contribution in [1.82, 2.24) is 0 Å². The Balaban J connectivity index is 0.00000170. The van der Waals surface area contributed by atoms with Gasteiger partial charge < -0.3 is 38.6 Å². The van der Waals surface area contributed by atoms with E-state index in [1.54, 1.807) is 49.6 Å². The number of aliphatic hydroxyl groups is 1. The van der Waals surface area contributed by atoms with E-state index in [1.165, 1.54) is 0 Å². The van der Waals surface area contributed by atoms with Crippen molar-refractivity contribution in [1.29, 1.82) is 0 Å². The van der Waals surface area contributed by atoms with Gasteiger partial charge in [-0.1, -0.05) is 32.0 Å². The molecule has 3 aromatic rings. The Morgan fingerprint density at radius 1 is 0.590 bits per heavy atom. The molecule has 3 aromatic carbocycles. The molecule has 9 heteroatoms. The number of benzene rings is 3. The number of aliphatic hydroxyl groups excluding tert-OH is 1. The summed E-state index contributed by atoms with van der Waals surface area (Å²) in [6.45, 7) is 3.53. The fraction of sp³-hybridized carbons (Fsp3) is 0.400. The van der Waals surface area contributed by atoms with E-state index in [0.29, 0.717) is 47.1 Å². The lowest BCUT2D eigenvalue weighted by Gasteiger charge is -2.34. The molecule has 0 heterocycles. The average Bonchev–Trinajstić information content (AvgIpc) is 2.98.